The number of hydrogen-bond acceptors (Lipinski definition) is 8. The van der Waals surface area contributed by atoms with Crippen LogP contribution in [0.4, 0.5) is 17.8 Å². The predicted molar refractivity (Wildman–Crippen MR) is 55.0 cm³/mol. The summed E-state index contributed by atoms with van der Waals surface area (Å²) >= 11 is 0. The first-order valence-electron chi connectivity index (χ1n) is 3.75. The van der Waals surface area contributed by atoms with Gasteiger partial charge in [0, 0.05) is 13.8 Å². The van der Waals surface area contributed by atoms with Crippen LogP contribution in [0.3, 0.4) is 0 Å². The number of nitrogens with two attached hydrogens (primary N) is 2. The molecule has 15 heavy (non-hydrogen) atoms. The van der Waals surface area contributed by atoms with Gasteiger partial charge in [-0.1, -0.05) is 0 Å². The second kappa shape index (κ2) is 3.97. The second-order valence-corrected chi connectivity index (χ2v) is 4.94. The zero-order chi connectivity index (χ0) is 11.6. The van der Waals surface area contributed by atoms with E-state index in [0.29, 0.717) is 0 Å². The van der Waals surface area contributed by atoms with Crippen molar-refractivity contribution in [2.75, 3.05) is 30.1 Å². The van der Waals surface area contributed by atoms with Gasteiger partial charge < -0.3 is 26.0 Å². The predicted octanol–water partition coefficient (Wildman–Crippen LogP) is -0.191. The number of aromatic nitrogens is 3. The van der Waals surface area contributed by atoms with E-state index in [1.807, 2.05) is 0 Å². The van der Waals surface area contributed by atoms with E-state index in [1.165, 1.54) is 0 Å². The number of anilines is 3. The van der Waals surface area contributed by atoms with Gasteiger partial charge in [0.2, 0.25) is 17.8 Å². The van der Waals surface area contributed by atoms with E-state index in [1.54, 1.807) is 0 Å². The largest absolute Gasteiger partial charge is 0.749 e. The summed E-state index contributed by atoms with van der Waals surface area (Å²) in [4.78, 5) is 10.5. The first-order valence-corrected chi connectivity index (χ1v) is 5.77. The van der Waals surface area contributed by atoms with Gasteiger partial charge >= 0.3 is 0 Å². The number of rotatable bonds is 3. The van der Waals surface area contributed by atoms with Crippen LogP contribution in [0, 0.1) is 5.21 Å². The van der Waals surface area contributed by atoms with Gasteiger partial charge in [0.15, 0.2) is 0 Å². The summed E-state index contributed by atoms with van der Waals surface area (Å²) in [6, 6.07) is 0. The van der Waals surface area contributed by atoms with E-state index in [0.717, 1.165) is 13.8 Å². The average molecular weight is 233 g/mol. The maximum atomic E-state index is 11.5. The SMILES string of the molecule is COP(C)(=O)N([O-])c1nc(N)nc(N)n1. The van der Waals surface area contributed by atoms with Crippen molar-refractivity contribution in [3.8, 4) is 0 Å². The zero-order valence-electron chi connectivity index (χ0n) is 8.12. The molecule has 0 amide bonds. The van der Waals surface area contributed by atoms with E-state index < -0.39 is 13.5 Å². The highest BCUT2D eigenvalue weighted by Crippen LogP contribution is 2.46. The Balaban J connectivity index is 3.11. The van der Waals surface area contributed by atoms with Crippen LogP contribution in [0.15, 0.2) is 0 Å². The third-order valence-electron chi connectivity index (χ3n) is 1.50. The quantitative estimate of drug-likeness (QED) is 0.535. The molecular weight excluding hydrogens is 223 g/mol. The monoisotopic (exact) mass is 233 g/mol. The molecule has 0 saturated carbocycles. The lowest BCUT2D eigenvalue weighted by Gasteiger charge is -2.32. The summed E-state index contributed by atoms with van der Waals surface area (Å²) < 4.78 is 16.0. The smallest absolute Gasteiger partial charge is 0.285 e. The Morgan fingerprint density at radius 2 is 1.80 bits per heavy atom. The fourth-order valence-corrected chi connectivity index (χ4v) is 1.28. The van der Waals surface area contributed by atoms with Gasteiger partial charge in [-0.05, 0) is 0 Å². The minimum atomic E-state index is -3.51. The summed E-state index contributed by atoms with van der Waals surface area (Å²) in [6.07, 6.45) is 0. The lowest BCUT2D eigenvalue weighted by atomic mass is 10.8. The van der Waals surface area contributed by atoms with Gasteiger partial charge in [-0.3, -0.25) is 4.57 Å². The molecule has 9 nitrogen and oxygen atoms in total. The van der Waals surface area contributed by atoms with Crippen molar-refractivity contribution in [2.24, 2.45) is 0 Å². The van der Waals surface area contributed by atoms with Crippen LogP contribution in [0.5, 0.6) is 0 Å². The maximum absolute atomic E-state index is 11.5. The van der Waals surface area contributed by atoms with E-state index in [2.05, 4.69) is 19.5 Å². The standard InChI is InChI=1S/C5H10N6O3P/c1-14-15(2,13)11(12)5-9-3(6)8-4(7)10-5/h1-2H3,(H4,6,7,8,9,10)/q-1. The molecule has 0 aromatic carbocycles. The molecule has 0 aliphatic carbocycles. The molecular formula is C5H10N6O3P-. The van der Waals surface area contributed by atoms with Crippen molar-refractivity contribution in [3.05, 3.63) is 5.21 Å². The topological polar surface area (TPSA) is 143 Å². The van der Waals surface area contributed by atoms with Crippen molar-refractivity contribution in [3.63, 3.8) is 0 Å². The first kappa shape index (κ1) is 11.6. The summed E-state index contributed by atoms with van der Waals surface area (Å²) in [5.74, 6) is -0.892. The fraction of sp³-hybridized carbons (Fsp3) is 0.400. The first-order chi connectivity index (χ1) is 6.86. The van der Waals surface area contributed by atoms with Crippen molar-refractivity contribution in [1.82, 2.24) is 15.0 Å². The Bertz CT molecular complexity index is 392. The van der Waals surface area contributed by atoms with Gasteiger partial charge in [-0.2, -0.15) is 15.0 Å². The highest BCUT2D eigenvalue weighted by molar-refractivity contribution is 7.59. The molecule has 1 atom stereocenters. The summed E-state index contributed by atoms with van der Waals surface area (Å²) in [5, 5.41) is 11.5. The molecule has 1 aromatic heterocycles. The van der Waals surface area contributed by atoms with Crippen molar-refractivity contribution >= 4 is 25.4 Å². The molecule has 0 fully saturated rings. The normalized spacial score (nSPS) is 14.6. The molecule has 0 saturated heterocycles. The Morgan fingerprint density at radius 1 is 1.33 bits per heavy atom. The van der Waals surface area contributed by atoms with Gasteiger partial charge in [0.1, 0.15) is 0 Å². The van der Waals surface area contributed by atoms with Crippen molar-refractivity contribution in [2.45, 2.75) is 0 Å². The van der Waals surface area contributed by atoms with E-state index in [-0.39, 0.29) is 16.7 Å². The molecule has 1 rings (SSSR count). The highest BCUT2D eigenvalue weighted by Gasteiger charge is 2.20. The highest BCUT2D eigenvalue weighted by atomic mass is 31.2. The molecule has 0 aliphatic heterocycles. The molecule has 0 bridgehead atoms. The molecule has 1 unspecified atom stereocenters. The summed E-state index contributed by atoms with van der Waals surface area (Å²) in [7, 11) is -2.37. The van der Waals surface area contributed by atoms with E-state index in [4.69, 9.17) is 11.5 Å². The lowest BCUT2D eigenvalue weighted by Crippen LogP contribution is -2.17. The Labute approximate surface area is 85.6 Å². The molecule has 1 heterocycles. The number of nitrogens with zero attached hydrogens (tertiary/aromatic N) is 4. The van der Waals surface area contributed by atoms with Crippen LogP contribution >= 0.6 is 7.52 Å². The maximum Gasteiger partial charge on any atom is 0.285 e. The molecule has 1 aromatic rings. The molecule has 4 N–H and O–H groups in total. The molecule has 0 aliphatic rings. The minimum absolute atomic E-state index is 0.0292. The van der Waals surface area contributed by atoms with Crippen LogP contribution in [-0.2, 0) is 9.09 Å². The molecule has 0 spiro atoms. The van der Waals surface area contributed by atoms with Gasteiger partial charge in [-0.15, -0.1) is 0 Å². The van der Waals surface area contributed by atoms with Crippen molar-refractivity contribution in [1.29, 1.82) is 0 Å². The molecule has 0 radical (unpaired) electrons. The minimum Gasteiger partial charge on any atom is -0.749 e. The fourth-order valence-electron chi connectivity index (χ4n) is 0.719. The third-order valence-corrected chi connectivity index (χ3v) is 3.01. The average Bonchev–Trinajstić information content (AvgIpc) is 2.15. The second-order valence-electron chi connectivity index (χ2n) is 2.61. The van der Waals surface area contributed by atoms with Crippen LogP contribution in [0.1, 0.15) is 0 Å². The van der Waals surface area contributed by atoms with Gasteiger partial charge in [-0.25, -0.2) is 0 Å². The number of nitrogen functional groups attached to an aromatic ring is 2. The Morgan fingerprint density at radius 3 is 2.20 bits per heavy atom. The molecule has 84 valence electrons. The number of hydrogen-bond donors (Lipinski definition) is 2. The van der Waals surface area contributed by atoms with Crippen LogP contribution in [0.25, 0.3) is 0 Å². The van der Waals surface area contributed by atoms with Gasteiger partial charge in [0.25, 0.3) is 7.52 Å². The lowest BCUT2D eigenvalue weighted by molar-refractivity contribution is 0.398. The zero-order valence-corrected chi connectivity index (χ0v) is 9.01. The van der Waals surface area contributed by atoms with E-state index >= 15 is 0 Å². The van der Waals surface area contributed by atoms with Gasteiger partial charge in [0.05, 0.1) is 0 Å². The van der Waals surface area contributed by atoms with Crippen LogP contribution in [-0.4, -0.2) is 28.7 Å². The van der Waals surface area contributed by atoms with E-state index in [9.17, 15) is 9.77 Å². The summed E-state index contributed by atoms with van der Waals surface area (Å²) in [6.45, 7) is 1.12. The molecule has 10 heteroatoms. The van der Waals surface area contributed by atoms with Crippen molar-refractivity contribution < 1.29 is 9.09 Å². The third kappa shape index (κ3) is 2.52. The van der Waals surface area contributed by atoms with Crippen LogP contribution < -0.4 is 16.3 Å². The Kier molecular flexibility index (Phi) is 3.08. The summed E-state index contributed by atoms with van der Waals surface area (Å²) in [5.41, 5.74) is 10.5. The Hall–Kier alpha value is -1.44. The van der Waals surface area contributed by atoms with Crippen LogP contribution in [0.2, 0.25) is 0 Å².